The largest absolute Gasteiger partial charge is 0.320 e. The van der Waals surface area contributed by atoms with Gasteiger partial charge in [-0.05, 0) is 18.6 Å². The first-order valence-corrected chi connectivity index (χ1v) is 5.58. The maximum Gasteiger partial charge on any atom is 0.243 e. The van der Waals surface area contributed by atoms with Crippen LogP contribution in [0.2, 0.25) is 0 Å². The highest BCUT2D eigenvalue weighted by molar-refractivity contribution is 5.93. The Morgan fingerprint density at radius 1 is 1.50 bits per heavy atom. The second-order valence-electron chi connectivity index (χ2n) is 3.84. The zero-order chi connectivity index (χ0) is 12.3. The zero-order valence-corrected chi connectivity index (χ0v) is 10.9. The van der Waals surface area contributed by atoms with Crippen molar-refractivity contribution in [2.75, 3.05) is 5.32 Å². The highest BCUT2D eigenvalue weighted by Crippen LogP contribution is 2.08. The standard InChI is InChI=1S/C11H15N5O.ClH/c1-2-5-8(12)10(17)13-11-15-14-9-6-3-4-7-16(9)11;/h3-4,6-8H,2,5,12H2,1H3,(H,13,15,17);1H. The van der Waals surface area contributed by atoms with Crippen molar-refractivity contribution in [2.45, 2.75) is 25.8 Å². The highest BCUT2D eigenvalue weighted by Gasteiger charge is 2.15. The summed E-state index contributed by atoms with van der Waals surface area (Å²) < 4.78 is 1.70. The number of amides is 1. The lowest BCUT2D eigenvalue weighted by Crippen LogP contribution is -2.35. The van der Waals surface area contributed by atoms with Crippen molar-refractivity contribution >= 4 is 29.9 Å². The Balaban J connectivity index is 0.00000162. The smallest absolute Gasteiger partial charge is 0.243 e. The summed E-state index contributed by atoms with van der Waals surface area (Å²) in [5, 5.41) is 10.5. The molecule has 0 aliphatic carbocycles. The van der Waals surface area contributed by atoms with Crippen molar-refractivity contribution in [3.05, 3.63) is 24.4 Å². The number of rotatable bonds is 4. The van der Waals surface area contributed by atoms with Crippen LogP contribution in [0.4, 0.5) is 5.95 Å². The molecule has 0 aliphatic rings. The number of hydrogen-bond donors (Lipinski definition) is 2. The van der Waals surface area contributed by atoms with Crippen LogP contribution < -0.4 is 11.1 Å². The number of aromatic nitrogens is 3. The Morgan fingerprint density at radius 3 is 3.00 bits per heavy atom. The number of nitrogens with one attached hydrogen (secondary N) is 1. The van der Waals surface area contributed by atoms with E-state index >= 15 is 0 Å². The second kappa shape index (κ2) is 6.32. The molecule has 7 heteroatoms. The van der Waals surface area contributed by atoms with Gasteiger partial charge >= 0.3 is 0 Å². The predicted molar refractivity (Wildman–Crippen MR) is 71.7 cm³/mol. The van der Waals surface area contributed by atoms with Crippen LogP contribution in [-0.4, -0.2) is 26.5 Å². The van der Waals surface area contributed by atoms with Gasteiger partial charge in [0, 0.05) is 6.20 Å². The maximum atomic E-state index is 11.7. The van der Waals surface area contributed by atoms with Gasteiger partial charge in [0.05, 0.1) is 6.04 Å². The van der Waals surface area contributed by atoms with E-state index < -0.39 is 6.04 Å². The SMILES string of the molecule is CCCC(N)C(=O)Nc1nnc2ccccn12.Cl. The molecule has 0 bridgehead atoms. The van der Waals surface area contributed by atoms with Gasteiger partial charge in [0.2, 0.25) is 11.9 Å². The number of nitrogens with two attached hydrogens (primary N) is 1. The lowest BCUT2D eigenvalue weighted by molar-refractivity contribution is -0.117. The van der Waals surface area contributed by atoms with Gasteiger partial charge in [-0.3, -0.25) is 14.5 Å². The van der Waals surface area contributed by atoms with Gasteiger partial charge in [-0.2, -0.15) is 0 Å². The minimum Gasteiger partial charge on any atom is -0.320 e. The summed E-state index contributed by atoms with van der Waals surface area (Å²) in [5.41, 5.74) is 6.41. The number of halogens is 1. The highest BCUT2D eigenvalue weighted by atomic mass is 35.5. The summed E-state index contributed by atoms with van der Waals surface area (Å²) in [6.07, 6.45) is 3.31. The Kier molecular flexibility index (Phi) is 5.06. The number of hydrogen-bond acceptors (Lipinski definition) is 4. The Hall–Kier alpha value is -1.66. The third-order valence-corrected chi connectivity index (χ3v) is 2.49. The third kappa shape index (κ3) is 2.96. The predicted octanol–water partition coefficient (Wildman–Crippen LogP) is 1.22. The minimum atomic E-state index is -0.504. The number of anilines is 1. The van der Waals surface area contributed by atoms with Crippen molar-refractivity contribution in [3.8, 4) is 0 Å². The molecule has 2 aromatic rings. The monoisotopic (exact) mass is 269 g/mol. The Bertz CT molecular complexity index is 527. The van der Waals surface area contributed by atoms with E-state index in [1.807, 2.05) is 25.1 Å². The van der Waals surface area contributed by atoms with Gasteiger partial charge in [0.1, 0.15) is 0 Å². The number of carbonyl (C=O) groups excluding carboxylic acids is 1. The molecular weight excluding hydrogens is 254 g/mol. The van der Waals surface area contributed by atoms with E-state index in [1.54, 1.807) is 10.6 Å². The van der Waals surface area contributed by atoms with E-state index in [0.29, 0.717) is 18.0 Å². The van der Waals surface area contributed by atoms with Crippen LogP contribution >= 0.6 is 12.4 Å². The maximum absolute atomic E-state index is 11.7. The average Bonchev–Trinajstić information content (AvgIpc) is 2.73. The lowest BCUT2D eigenvalue weighted by atomic mass is 10.2. The number of nitrogens with zero attached hydrogens (tertiary/aromatic N) is 3. The first-order valence-electron chi connectivity index (χ1n) is 5.58. The van der Waals surface area contributed by atoms with E-state index in [9.17, 15) is 4.79 Å². The summed E-state index contributed by atoms with van der Waals surface area (Å²) in [5.74, 6) is 0.169. The quantitative estimate of drug-likeness (QED) is 0.874. The zero-order valence-electron chi connectivity index (χ0n) is 10.0. The molecule has 2 aromatic heterocycles. The molecule has 0 radical (unpaired) electrons. The summed E-state index contributed by atoms with van der Waals surface area (Å²) in [6, 6.07) is 5.02. The second-order valence-corrected chi connectivity index (χ2v) is 3.84. The van der Waals surface area contributed by atoms with Crippen LogP contribution in [0.25, 0.3) is 5.65 Å². The first-order chi connectivity index (χ1) is 8.22. The van der Waals surface area contributed by atoms with Crippen LogP contribution in [0.1, 0.15) is 19.8 Å². The third-order valence-electron chi connectivity index (χ3n) is 2.49. The van der Waals surface area contributed by atoms with Gasteiger partial charge in [-0.15, -0.1) is 22.6 Å². The average molecular weight is 270 g/mol. The van der Waals surface area contributed by atoms with E-state index in [1.165, 1.54) is 0 Å². The van der Waals surface area contributed by atoms with Gasteiger partial charge in [0.25, 0.3) is 0 Å². The normalized spacial score (nSPS) is 11.9. The molecule has 1 unspecified atom stereocenters. The molecule has 98 valence electrons. The van der Waals surface area contributed by atoms with Crippen molar-refractivity contribution in [3.63, 3.8) is 0 Å². The van der Waals surface area contributed by atoms with Crippen molar-refractivity contribution in [1.29, 1.82) is 0 Å². The number of carbonyl (C=O) groups is 1. The van der Waals surface area contributed by atoms with Crippen LogP contribution in [0.5, 0.6) is 0 Å². The summed E-state index contributed by atoms with van der Waals surface area (Å²) in [7, 11) is 0. The number of fused-ring (bicyclic) bond motifs is 1. The van der Waals surface area contributed by atoms with E-state index in [4.69, 9.17) is 5.73 Å². The molecule has 0 saturated carbocycles. The molecule has 18 heavy (non-hydrogen) atoms. The molecular formula is C11H16ClN5O. The fraction of sp³-hybridized carbons (Fsp3) is 0.364. The van der Waals surface area contributed by atoms with E-state index in [0.717, 1.165) is 6.42 Å². The Morgan fingerprint density at radius 2 is 2.28 bits per heavy atom. The molecule has 0 spiro atoms. The first kappa shape index (κ1) is 14.4. The molecule has 2 heterocycles. The summed E-state index contributed by atoms with van der Waals surface area (Å²) in [4.78, 5) is 11.7. The van der Waals surface area contributed by atoms with Gasteiger partial charge in [-0.1, -0.05) is 19.4 Å². The molecule has 0 fully saturated rings. The fourth-order valence-corrected chi connectivity index (χ4v) is 1.57. The molecule has 0 aromatic carbocycles. The Labute approximate surface area is 111 Å². The van der Waals surface area contributed by atoms with Crippen LogP contribution in [0.15, 0.2) is 24.4 Å². The van der Waals surface area contributed by atoms with Crippen molar-refractivity contribution in [1.82, 2.24) is 14.6 Å². The summed E-state index contributed by atoms with van der Waals surface area (Å²) in [6.45, 7) is 1.99. The van der Waals surface area contributed by atoms with Crippen molar-refractivity contribution < 1.29 is 4.79 Å². The molecule has 1 atom stereocenters. The molecule has 0 saturated heterocycles. The van der Waals surface area contributed by atoms with Crippen LogP contribution in [0, 0.1) is 0 Å². The van der Waals surface area contributed by atoms with Gasteiger partial charge < -0.3 is 5.73 Å². The number of pyridine rings is 1. The molecule has 3 N–H and O–H groups in total. The van der Waals surface area contributed by atoms with E-state index in [-0.39, 0.29) is 18.3 Å². The van der Waals surface area contributed by atoms with E-state index in [2.05, 4.69) is 15.5 Å². The van der Waals surface area contributed by atoms with Crippen LogP contribution in [-0.2, 0) is 4.79 Å². The van der Waals surface area contributed by atoms with Crippen LogP contribution in [0.3, 0.4) is 0 Å². The molecule has 2 rings (SSSR count). The molecule has 1 amide bonds. The summed E-state index contributed by atoms with van der Waals surface area (Å²) >= 11 is 0. The van der Waals surface area contributed by atoms with Gasteiger partial charge in [0.15, 0.2) is 5.65 Å². The molecule has 0 aliphatic heterocycles. The lowest BCUT2D eigenvalue weighted by Gasteiger charge is -2.09. The minimum absolute atomic E-state index is 0. The van der Waals surface area contributed by atoms with Gasteiger partial charge in [-0.25, -0.2) is 0 Å². The topological polar surface area (TPSA) is 85.3 Å². The van der Waals surface area contributed by atoms with Crippen molar-refractivity contribution in [2.24, 2.45) is 5.73 Å². The molecule has 6 nitrogen and oxygen atoms in total. The fourth-order valence-electron chi connectivity index (χ4n) is 1.57.